The maximum Gasteiger partial charge on any atom is 0.264 e. The molecule has 0 fully saturated rings. The van der Waals surface area contributed by atoms with Crippen molar-refractivity contribution in [2.45, 2.75) is 72.0 Å². The minimum atomic E-state index is -4.09. The van der Waals surface area contributed by atoms with Crippen LogP contribution in [0.15, 0.2) is 71.6 Å². The van der Waals surface area contributed by atoms with Crippen LogP contribution >= 0.6 is 0 Å². The van der Waals surface area contributed by atoms with Gasteiger partial charge >= 0.3 is 0 Å². The van der Waals surface area contributed by atoms with Gasteiger partial charge in [0.1, 0.15) is 12.6 Å². The van der Waals surface area contributed by atoms with Crippen LogP contribution in [0.4, 0.5) is 5.69 Å². The minimum absolute atomic E-state index is 0.0934. The van der Waals surface area contributed by atoms with Crippen LogP contribution in [-0.4, -0.2) is 43.8 Å². The molecule has 0 spiro atoms. The molecule has 0 heterocycles. The molecule has 1 N–H and O–H groups in total. The third kappa shape index (κ3) is 7.69. The van der Waals surface area contributed by atoms with Gasteiger partial charge in [-0.2, -0.15) is 0 Å². The van der Waals surface area contributed by atoms with Gasteiger partial charge in [-0.25, -0.2) is 8.42 Å². The van der Waals surface area contributed by atoms with Crippen molar-refractivity contribution in [2.24, 2.45) is 0 Å². The van der Waals surface area contributed by atoms with Gasteiger partial charge in [0, 0.05) is 12.6 Å². The summed E-state index contributed by atoms with van der Waals surface area (Å²) >= 11 is 0. The summed E-state index contributed by atoms with van der Waals surface area (Å²) in [6.07, 6.45) is 0. The van der Waals surface area contributed by atoms with Gasteiger partial charge < -0.3 is 10.2 Å². The lowest BCUT2D eigenvalue weighted by atomic mass is 10.1. The number of anilines is 1. The molecule has 0 aliphatic heterocycles. The van der Waals surface area contributed by atoms with Crippen LogP contribution in [0.5, 0.6) is 0 Å². The number of amides is 2. The second kappa shape index (κ2) is 12.5. The molecular formula is C31H39N3O4S. The molecule has 1 unspecified atom stereocenters. The predicted molar refractivity (Wildman–Crippen MR) is 156 cm³/mol. The van der Waals surface area contributed by atoms with E-state index in [0.29, 0.717) is 5.69 Å². The van der Waals surface area contributed by atoms with Crippen LogP contribution in [0, 0.1) is 27.7 Å². The molecule has 0 aliphatic rings. The zero-order chi connectivity index (χ0) is 28.9. The summed E-state index contributed by atoms with van der Waals surface area (Å²) < 4.78 is 29.1. The number of hydrogen-bond acceptors (Lipinski definition) is 4. The number of rotatable bonds is 10. The first-order valence-electron chi connectivity index (χ1n) is 13.1. The summed E-state index contributed by atoms with van der Waals surface area (Å²) in [5, 5.41) is 2.87. The summed E-state index contributed by atoms with van der Waals surface area (Å²) in [6, 6.07) is 18.8. The quantitative estimate of drug-likeness (QED) is 0.383. The van der Waals surface area contributed by atoms with E-state index in [9.17, 15) is 18.0 Å². The lowest BCUT2D eigenvalue weighted by Gasteiger charge is -2.32. The van der Waals surface area contributed by atoms with Gasteiger partial charge in [0.05, 0.1) is 10.6 Å². The fourth-order valence-electron chi connectivity index (χ4n) is 4.46. The minimum Gasteiger partial charge on any atom is -0.352 e. The Labute approximate surface area is 232 Å². The van der Waals surface area contributed by atoms with Crippen molar-refractivity contribution in [3.63, 3.8) is 0 Å². The van der Waals surface area contributed by atoms with E-state index in [0.717, 1.165) is 32.1 Å². The van der Waals surface area contributed by atoms with Crippen LogP contribution < -0.4 is 9.62 Å². The van der Waals surface area contributed by atoms with E-state index in [-0.39, 0.29) is 23.4 Å². The SMILES string of the molecule is Cc1ccc(S(=O)(=O)N(CC(=O)N(Cc2cccc(C)c2)C(C)C(=O)NC(C)C)c2cc(C)cc(C)c2)cc1. The van der Waals surface area contributed by atoms with Crippen molar-refractivity contribution < 1.29 is 18.0 Å². The molecule has 1 atom stereocenters. The highest BCUT2D eigenvalue weighted by Crippen LogP contribution is 2.27. The number of nitrogens with zero attached hydrogens (tertiary/aromatic N) is 2. The van der Waals surface area contributed by atoms with E-state index >= 15 is 0 Å². The Hall–Kier alpha value is -3.65. The fraction of sp³-hybridized carbons (Fsp3) is 0.355. The third-order valence-corrected chi connectivity index (χ3v) is 8.20. The van der Waals surface area contributed by atoms with Gasteiger partial charge in [0.25, 0.3) is 10.0 Å². The number of hydrogen-bond donors (Lipinski definition) is 1. The number of sulfonamides is 1. The Kier molecular flexibility index (Phi) is 9.56. The Morgan fingerprint density at radius 1 is 0.795 bits per heavy atom. The van der Waals surface area contributed by atoms with Gasteiger partial charge in [-0.05, 0) is 89.4 Å². The number of benzene rings is 3. The normalized spacial score (nSPS) is 12.2. The molecule has 2 amide bonds. The molecule has 8 heteroatoms. The van der Waals surface area contributed by atoms with Gasteiger partial charge in [-0.1, -0.05) is 53.6 Å². The van der Waals surface area contributed by atoms with Crippen LogP contribution in [0.2, 0.25) is 0 Å². The Bertz CT molecular complexity index is 1410. The molecule has 39 heavy (non-hydrogen) atoms. The Morgan fingerprint density at radius 2 is 1.41 bits per heavy atom. The molecule has 0 aliphatic carbocycles. The molecule has 3 aromatic carbocycles. The Morgan fingerprint density at radius 3 is 1.97 bits per heavy atom. The van der Waals surface area contributed by atoms with Crippen LogP contribution in [-0.2, 0) is 26.2 Å². The van der Waals surface area contributed by atoms with Crippen molar-refractivity contribution in [3.8, 4) is 0 Å². The van der Waals surface area contributed by atoms with Crippen molar-refractivity contribution in [3.05, 3.63) is 94.5 Å². The van der Waals surface area contributed by atoms with Crippen LogP contribution in [0.1, 0.15) is 48.6 Å². The predicted octanol–water partition coefficient (Wildman–Crippen LogP) is 5.06. The average molecular weight is 550 g/mol. The maximum absolute atomic E-state index is 14.0. The van der Waals surface area contributed by atoms with E-state index in [2.05, 4.69) is 5.32 Å². The molecular weight excluding hydrogens is 510 g/mol. The third-order valence-electron chi connectivity index (χ3n) is 6.42. The van der Waals surface area contributed by atoms with E-state index in [1.807, 2.05) is 71.9 Å². The second-order valence-electron chi connectivity index (χ2n) is 10.5. The highest BCUT2D eigenvalue weighted by molar-refractivity contribution is 7.92. The molecule has 7 nitrogen and oxygen atoms in total. The van der Waals surface area contributed by atoms with Gasteiger partial charge in [-0.15, -0.1) is 0 Å². The van der Waals surface area contributed by atoms with E-state index < -0.39 is 28.5 Å². The van der Waals surface area contributed by atoms with E-state index in [1.54, 1.807) is 43.3 Å². The molecule has 0 radical (unpaired) electrons. The molecule has 3 rings (SSSR count). The average Bonchev–Trinajstić information content (AvgIpc) is 2.84. The second-order valence-corrected chi connectivity index (χ2v) is 12.4. The molecule has 0 saturated carbocycles. The van der Waals surface area contributed by atoms with E-state index in [1.165, 1.54) is 4.90 Å². The molecule has 0 saturated heterocycles. The number of carbonyl (C=O) groups is 2. The molecule has 0 aromatic heterocycles. The van der Waals surface area contributed by atoms with E-state index in [4.69, 9.17) is 0 Å². The van der Waals surface area contributed by atoms with Crippen molar-refractivity contribution >= 4 is 27.5 Å². The Balaban J connectivity index is 2.07. The zero-order valence-electron chi connectivity index (χ0n) is 23.9. The number of nitrogens with one attached hydrogen (secondary N) is 1. The highest BCUT2D eigenvalue weighted by atomic mass is 32.2. The standard InChI is InChI=1S/C31H39N3O4S/c1-21(2)32-31(36)26(7)33(19-27-10-8-9-23(4)16-27)30(35)20-34(28-17-24(5)15-25(6)18-28)39(37,38)29-13-11-22(3)12-14-29/h8-18,21,26H,19-20H2,1-7H3,(H,32,36). The number of aryl methyl sites for hydroxylation is 4. The summed E-state index contributed by atoms with van der Waals surface area (Å²) in [5.74, 6) is -0.775. The zero-order valence-corrected chi connectivity index (χ0v) is 24.7. The number of carbonyl (C=O) groups excluding carboxylic acids is 2. The molecule has 0 bridgehead atoms. The summed E-state index contributed by atoms with van der Waals surface area (Å²) in [6.45, 7) is 12.7. The van der Waals surface area contributed by atoms with Crippen molar-refractivity contribution in [1.29, 1.82) is 0 Å². The first-order chi connectivity index (χ1) is 18.3. The summed E-state index contributed by atoms with van der Waals surface area (Å²) in [7, 11) is -4.09. The van der Waals surface area contributed by atoms with Crippen LogP contribution in [0.3, 0.4) is 0 Å². The van der Waals surface area contributed by atoms with Crippen LogP contribution in [0.25, 0.3) is 0 Å². The largest absolute Gasteiger partial charge is 0.352 e. The topological polar surface area (TPSA) is 86.8 Å². The summed E-state index contributed by atoms with van der Waals surface area (Å²) in [4.78, 5) is 28.5. The monoisotopic (exact) mass is 549 g/mol. The molecule has 3 aromatic rings. The first-order valence-corrected chi connectivity index (χ1v) is 14.5. The van der Waals surface area contributed by atoms with Gasteiger partial charge in [0.15, 0.2) is 0 Å². The lowest BCUT2D eigenvalue weighted by molar-refractivity contribution is -0.139. The van der Waals surface area contributed by atoms with Gasteiger partial charge in [-0.3, -0.25) is 13.9 Å². The fourth-order valence-corrected chi connectivity index (χ4v) is 5.85. The maximum atomic E-state index is 14.0. The van der Waals surface area contributed by atoms with Crippen molar-refractivity contribution in [1.82, 2.24) is 10.2 Å². The van der Waals surface area contributed by atoms with Gasteiger partial charge in [0.2, 0.25) is 11.8 Å². The smallest absolute Gasteiger partial charge is 0.264 e. The highest BCUT2D eigenvalue weighted by Gasteiger charge is 2.32. The first kappa shape index (κ1) is 29.9. The lowest BCUT2D eigenvalue weighted by Crippen LogP contribution is -2.52. The summed E-state index contributed by atoms with van der Waals surface area (Å²) in [5.41, 5.74) is 4.96. The molecule has 208 valence electrons. The van der Waals surface area contributed by atoms with Crippen molar-refractivity contribution in [2.75, 3.05) is 10.8 Å².